The first-order valence-electron chi connectivity index (χ1n) is 5.40. The maximum atomic E-state index is 11.4. The molecule has 0 saturated heterocycles. The monoisotopic (exact) mass is 252 g/mol. The molecule has 0 aliphatic rings. The smallest absolute Gasteiger partial charge is 0.325 e. The summed E-state index contributed by atoms with van der Waals surface area (Å²) in [6, 6.07) is -0.359. The third-order valence-corrected chi connectivity index (χ3v) is 1.96. The second-order valence-electron chi connectivity index (χ2n) is 3.94. The first-order chi connectivity index (χ1) is 8.47. The van der Waals surface area contributed by atoms with E-state index in [1.54, 1.807) is 0 Å². The van der Waals surface area contributed by atoms with E-state index in [9.17, 15) is 9.59 Å². The van der Waals surface area contributed by atoms with E-state index in [-0.39, 0.29) is 12.6 Å². The van der Waals surface area contributed by atoms with E-state index in [1.165, 1.54) is 17.1 Å². The van der Waals surface area contributed by atoms with Crippen LogP contribution in [-0.2, 0) is 11.3 Å². The van der Waals surface area contributed by atoms with Gasteiger partial charge in [0, 0.05) is 12.7 Å². The van der Waals surface area contributed by atoms with Crippen LogP contribution in [0.1, 0.15) is 13.8 Å². The van der Waals surface area contributed by atoms with Crippen molar-refractivity contribution in [3.63, 3.8) is 0 Å². The number of carboxylic acid groups (broad SMARTS) is 1. The SMILES string of the molecule is CC(C)=CCNC(=O)Nc1cnn(CC(=O)O)c1. The highest BCUT2D eigenvalue weighted by atomic mass is 16.4. The van der Waals surface area contributed by atoms with Gasteiger partial charge in [0.15, 0.2) is 0 Å². The van der Waals surface area contributed by atoms with Crippen molar-refractivity contribution < 1.29 is 14.7 Å². The lowest BCUT2D eigenvalue weighted by Gasteiger charge is -2.03. The van der Waals surface area contributed by atoms with Crippen molar-refractivity contribution in [1.29, 1.82) is 0 Å². The number of carbonyl (C=O) groups is 2. The third kappa shape index (κ3) is 5.15. The third-order valence-electron chi connectivity index (χ3n) is 1.96. The van der Waals surface area contributed by atoms with Crippen LogP contribution in [0.4, 0.5) is 10.5 Å². The number of carboxylic acids is 1. The zero-order valence-corrected chi connectivity index (χ0v) is 10.3. The predicted molar refractivity (Wildman–Crippen MR) is 66.3 cm³/mol. The number of hydrogen-bond acceptors (Lipinski definition) is 3. The number of carbonyl (C=O) groups excluding carboxylic acids is 1. The molecule has 0 unspecified atom stereocenters. The molecule has 7 heteroatoms. The number of anilines is 1. The Bertz CT molecular complexity index is 461. The Balaban J connectivity index is 2.42. The van der Waals surface area contributed by atoms with E-state index >= 15 is 0 Å². The predicted octanol–water partition coefficient (Wildman–Crippen LogP) is 1.06. The molecule has 3 N–H and O–H groups in total. The summed E-state index contributed by atoms with van der Waals surface area (Å²) in [6.45, 7) is 4.09. The lowest BCUT2D eigenvalue weighted by molar-refractivity contribution is -0.137. The van der Waals surface area contributed by atoms with E-state index in [0.29, 0.717) is 12.2 Å². The molecular weight excluding hydrogens is 236 g/mol. The molecule has 0 spiro atoms. The Labute approximate surface area is 104 Å². The summed E-state index contributed by atoms with van der Waals surface area (Å²) in [5.41, 5.74) is 1.57. The normalized spacial score (nSPS) is 9.67. The van der Waals surface area contributed by atoms with Crippen LogP contribution in [0.15, 0.2) is 24.0 Å². The molecule has 7 nitrogen and oxygen atoms in total. The number of rotatable bonds is 5. The van der Waals surface area contributed by atoms with Crippen molar-refractivity contribution in [2.24, 2.45) is 0 Å². The van der Waals surface area contributed by atoms with Crippen LogP contribution in [-0.4, -0.2) is 33.4 Å². The van der Waals surface area contributed by atoms with Crippen molar-refractivity contribution in [3.8, 4) is 0 Å². The number of amides is 2. The van der Waals surface area contributed by atoms with Gasteiger partial charge in [0.1, 0.15) is 6.54 Å². The highest BCUT2D eigenvalue weighted by molar-refractivity contribution is 5.89. The maximum absolute atomic E-state index is 11.4. The first kappa shape index (κ1) is 13.8. The Morgan fingerprint density at radius 3 is 2.83 bits per heavy atom. The van der Waals surface area contributed by atoms with Crippen LogP contribution in [0, 0.1) is 0 Å². The zero-order valence-electron chi connectivity index (χ0n) is 10.3. The number of urea groups is 1. The number of allylic oxidation sites excluding steroid dienone is 1. The van der Waals surface area contributed by atoms with Gasteiger partial charge in [-0.3, -0.25) is 9.48 Å². The van der Waals surface area contributed by atoms with Gasteiger partial charge in [0.05, 0.1) is 11.9 Å². The van der Waals surface area contributed by atoms with Crippen molar-refractivity contribution in [2.75, 3.05) is 11.9 Å². The van der Waals surface area contributed by atoms with E-state index in [0.717, 1.165) is 5.57 Å². The highest BCUT2D eigenvalue weighted by Gasteiger charge is 2.05. The molecule has 1 rings (SSSR count). The summed E-state index contributed by atoms with van der Waals surface area (Å²) < 4.78 is 1.23. The number of aliphatic carboxylic acids is 1. The molecule has 2 amide bonds. The van der Waals surface area contributed by atoms with Crippen molar-refractivity contribution in [3.05, 3.63) is 24.0 Å². The summed E-state index contributed by atoms with van der Waals surface area (Å²) in [7, 11) is 0. The van der Waals surface area contributed by atoms with Gasteiger partial charge in [-0.1, -0.05) is 11.6 Å². The molecule has 0 fully saturated rings. The zero-order chi connectivity index (χ0) is 13.5. The lowest BCUT2D eigenvalue weighted by atomic mass is 10.3. The van der Waals surface area contributed by atoms with Gasteiger partial charge in [0.25, 0.3) is 0 Å². The van der Waals surface area contributed by atoms with Gasteiger partial charge in [0.2, 0.25) is 0 Å². The topological polar surface area (TPSA) is 96.3 Å². The van der Waals surface area contributed by atoms with Gasteiger partial charge in [-0.15, -0.1) is 0 Å². The van der Waals surface area contributed by atoms with E-state index in [1.807, 2.05) is 19.9 Å². The van der Waals surface area contributed by atoms with E-state index in [2.05, 4.69) is 15.7 Å². The average Bonchev–Trinajstić information content (AvgIpc) is 2.63. The first-order valence-corrected chi connectivity index (χ1v) is 5.40. The van der Waals surface area contributed by atoms with Crippen LogP contribution < -0.4 is 10.6 Å². The molecule has 0 aliphatic heterocycles. The van der Waals surface area contributed by atoms with Gasteiger partial charge in [-0.2, -0.15) is 5.10 Å². The van der Waals surface area contributed by atoms with E-state index in [4.69, 9.17) is 5.11 Å². The largest absolute Gasteiger partial charge is 0.480 e. The molecule has 0 aromatic carbocycles. The summed E-state index contributed by atoms with van der Waals surface area (Å²) in [5.74, 6) is -0.988. The van der Waals surface area contributed by atoms with Crippen LogP contribution in [0.25, 0.3) is 0 Å². The standard InChI is InChI=1S/C11H16N4O3/c1-8(2)3-4-12-11(18)14-9-5-13-15(6-9)7-10(16)17/h3,5-6H,4,7H2,1-2H3,(H,16,17)(H2,12,14,18). The lowest BCUT2D eigenvalue weighted by Crippen LogP contribution is -2.28. The van der Waals surface area contributed by atoms with Crippen molar-refractivity contribution in [1.82, 2.24) is 15.1 Å². The molecule has 0 bridgehead atoms. The molecule has 1 aromatic rings. The fraction of sp³-hybridized carbons (Fsp3) is 0.364. The maximum Gasteiger partial charge on any atom is 0.325 e. The minimum Gasteiger partial charge on any atom is -0.480 e. The highest BCUT2D eigenvalue weighted by Crippen LogP contribution is 2.04. The molecule has 0 atom stereocenters. The van der Waals surface area contributed by atoms with Gasteiger partial charge < -0.3 is 15.7 Å². The number of aromatic nitrogens is 2. The molecule has 0 saturated carbocycles. The Morgan fingerprint density at radius 1 is 1.50 bits per heavy atom. The molecule has 1 aromatic heterocycles. The minimum absolute atomic E-state index is 0.235. The summed E-state index contributed by atoms with van der Waals surface area (Å²) in [6.07, 6.45) is 4.73. The van der Waals surface area contributed by atoms with Gasteiger partial charge >= 0.3 is 12.0 Å². The van der Waals surface area contributed by atoms with Crippen LogP contribution in [0.5, 0.6) is 0 Å². The van der Waals surface area contributed by atoms with Crippen LogP contribution in [0.3, 0.4) is 0 Å². The molecule has 0 radical (unpaired) electrons. The second-order valence-corrected chi connectivity index (χ2v) is 3.94. The van der Waals surface area contributed by atoms with Crippen molar-refractivity contribution >= 4 is 17.7 Å². The number of nitrogens with zero attached hydrogens (tertiary/aromatic N) is 2. The molecule has 18 heavy (non-hydrogen) atoms. The molecule has 98 valence electrons. The average molecular weight is 252 g/mol. The Kier molecular flexibility index (Phi) is 4.91. The Morgan fingerprint density at radius 2 is 2.22 bits per heavy atom. The second kappa shape index (κ2) is 6.43. The van der Waals surface area contributed by atoms with Gasteiger partial charge in [-0.25, -0.2) is 4.79 Å². The van der Waals surface area contributed by atoms with E-state index < -0.39 is 5.97 Å². The fourth-order valence-electron chi connectivity index (χ4n) is 1.18. The summed E-state index contributed by atoms with van der Waals surface area (Å²) >= 11 is 0. The summed E-state index contributed by atoms with van der Waals surface area (Å²) in [5, 5.41) is 17.5. The van der Waals surface area contributed by atoms with Gasteiger partial charge in [-0.05, 0) is 13.8 Å². The quantitative estimate of drug-likeness (QED) is 0.682. The number of hydrogen-bond donors (Lipinski definition) is 3. The minimum atomic E-state index is -0.988. The molecular formula is C11H16N4O3. The van der Waals surface area contributed by atoms with Crippen molar-refractivity contribution in [2.45, 2.75) is 20.4 Å². The number of nitrogens with one attached hydrogen (secondary N) is 2. The summed E-state index contributed by atoms with van der Waals surface area (Å²) in [4.78, 5) is 21.9. The molecule has 0 aliphatic carbocycles. The van der Waals surface area contributed by atoms with Crippen LogP contribution in [0.2, 0.25) is 0 Å². The Hall–Kier alpha value is -2.31. The fourth-order valence-corrected chi connectivity index (χ4v) is 1.18. The van der Waals surface area contributed by atoms with Crippen LogP contribution >= 0.6 is 0 Å². The molecule has 1 heterocycles.